The molecule has 1 saturated heterocycles. The molecule has 1 atom stereocenters. The summed E-state index contributed by atoms with van der Waals surface area (Å²) in [5.74, 6) is 0.470. The van der Waals surface area contributed by atoms with Gasteiger partial charge in [0, 0.05) is 25.5 Å². The number of carbonyl (C=O) groups excluding carboxylic acids is 1. The van der Waals surface area contributed by atoms with Crippen molar-refractivity contribution in [2.75, 3.05) is 6.54 Å². The molecule has 1 amide bonds. The third kappa shape index (κ3) is 2.76. The Balaban J connectivity index is 1.96. The van der Waals surface area contributed by atoms with E-state index in [0.717, 1.165) is 24.2 Å². The minimum absolute atomic E-state index is 0.0878. The van der Waals surface area contributed by atoms with Gasteiger partial charge in [0.1, 0.15) is 11.4 Å². The molecule has 1 fully saturated rings. The first-order valence-electron chi connectivity index (χ1n) is 7.76. The molecule has 120 valence electrons. The van der Waals surface area contributed by atoms with Gasteiger partial charge in [0.2, 0.25) is 0 Å². The lowest BCUT2D eigenvalue weighted by atomic mass is 10.1. The first kappa shape index (κ1) is 15.4. The molecule has 2 aromatic rings. The zero-order valence-corrected chi connectivity index (χ0v) is 13.6. The van der Waals surface area contributed by atoms with Crippen LogP contribution in [-0.4, -0.2) is 31.9 Å². The van der Waals surface area contributed by atoms with Crippen molar-refractivity contribution >= 4 is 5.91 Å². The third-order valence-electron chi connectivity index (χ3n) is 4.44. The van der Waals surface area contributed by atoms with Crippen molar-refractivity contribution in [3.63, 3.8) is 0 Å². The second-order valence-electron chi connectivity index (χ2n) is 5.94. The number of likely N-dealkylation sites (tertiary alicyclic amines) is 1. The van der Waals surface area contributed by atoms with E-state index in [1.807, 2.05) is 19.9 Å². The van der Waals surface area contributed by atoms with Crippen LogP contribution in [-0.2, 0) is 7.05 Å². The fourth-order valence-electron chi connectivity index (χ4n) is 3.02. The zero-order chi connectivity index (χ0) is 16.6. The minimum Gasteiger partial charge on any atom is -0.330 e. The summed E-state index contributed by atoms with van der Waals surface area (Å²) in [7, 11) is 1.68. The van der Waals surface area contributed by atoms with Gasteiger partial charge < -0.3 is 9.47 Å². The largest absolute Gasteiger partial charge is 0.330 e. The zero-order valence-electron chi connectivity index (χ0n) is 13.6. The normalized spacial score (nSPS) is 17.5. The predicted octanol–water partition coefficient (Wildman–Crippen LogP) is 1.77. The third-order valence-corrected chi connectivity index (χ3v) is 4.44. The molecule has 0 N–H and O–H groups in total. The van der Waals surface area contributed by atoms with E-state index in [0.29, 0.717) is 12.4 Å². The highest BCUT2D eigenvalue weighted by atomic mass is 16.2. The summed E-state index contributed by atoms with van der Waals surface area (Å²) >= 11 is 0. The molecular formula is C17H20N4O2. The smallest absolute Gasteiger partial charge is 0.263 e. The molecule has 2 aromatic heterocycles. The van der Waals surface area contributed by atoms with E-state index in [2.05, 4.69) is 9.97 Å². The summed E-state index contributed by atoms with van der Waals surface area (Å²) in [4.78, 5) is 35.6. The van der Waals surface area contributed by atoms with Crippen molar-refractivity contribution in [1.29, 1.82) is 0 Å². The van der Waals surface area contributed by atoms with Crippen molar-refractivity contribution in [3.05, 3.63) is 57.5 Å². The topological polar surface area (TPSA) is 68.1 Å². The monoisotopic (exact) mass is 312 g/mol. The Morgan fingerprint density at radius 2 is 2.04 bits per heavy atom. The summed E-state index contributed by atoms with van der Waals surface area (Å²) in [6.45, 7) is 4.32. The molecule has 0 radical (unpaired) electrons. The van der Waals surface area contributed by atoms with E-state index in [1.54, 1.807) is 30.3 Å². The average molecular weight is 312 g/mol. The number of amides is 1. The molecule has 0 aromatic carbocycles. The van der Waals surface area contributed by atoms with Crippen molar-refractivity contribution in [3.8, 4) is 0 Å². The maximum atomic E-state index is 12.9. The lowest BCUT2D eigenvalue weighted by molar-refractivity contribution is 0.0730. The Kier molecular flexibility index (Phi) is 3.98. The Labute approximate surface area is 134 Å². The van der Waals surface area contributed by atoms with Gasteiger partial charge in [-0.3, -0.25) is 9.59 Å². The lowest BCUT2D eigenvalue weighted by Gasteiger charge is -2.24. The molecule has 1 aliphatic rings. The standard InChI is InChI=1S/C17H20N4O2/c1-11-6-7-13(16(22)20(11)3)17(23)21-10-4-5-15(21)14-8-9-18-12(2)19-14/h6-9,15H,4-5,10H2,1-3H3/t15-/m0/s1. The van der Waals surface area contributed by atoms with Gasteiger partial charge >= 0.3 is 0 Å². The molecule has 0 bridgehead atoms. The molecule has 0 spiro atoms. The highest BCUT2D eigenvalue weighted by Crippen LogP contribution is 2.31. The second kappa shape index (κ2) is 5.95. The average Bonchev–Trinajstić information content (AvgIpc) is 3.02. The molecule has 0 saturated carbocycles. The number of aromatic nitrogens is 3. The first-order chi connectivity index (χ1) is 11.0. The maximum absolute atomic E-state index is 12.9. The molecule has 6 heteroatoms. The van der Waals surface area contributed by atoms with Crippen molar-refractivity contribution in [1.82, 2.24) is 19.4 Å². The lowest BCUT2D eigenvalue weighted by Crippen LogP contribution is -2.36. The minimum atomic E-state index is -0.250. The van der Waals surface area contributed by atoms with Crippen LogP contribution in [0.1, 0.15) is 46.5 Å². The van der Waals surface area contributed by atoms with E-state index >= 15 is 0 Å². The van der Waals surface area contributed by atoms with Crippen LogP contribution in [0.2, 0.25) is 0 Å². The number of rotatable bonds is 2. The summed E-state index contributed by atoms with van der Waals surface area (Å²) in [5, 5.41) is 0. The van der Waals surface area contributed by atoms with Gasteiger partial charge in [0.25, 0.3) is 11.5 Å². The van der Waals surface area contributed by atoms with Crippen LogP contribution in [0.15, 0.2) is 29.2 Å². The summed E-state index contributed by atoms with van der Waals surface area (Å²) in [6.07, 6.45) is 3.48. The van der Waals surface area contributed by atoms with Crippen LogP contribution in [0.3, 0.4) is 0 Å². The van der Waals surface area contributed by atoms with Gasteiger partial charge in [-0.25, -0.2) is 9.97 Å². The number of carbonyl (C=O) groups is 1. The van der Waals surface area contributed by atoms with E-state index in [4.69, 9.17) is 0 Å². The molecule has 6 nitrogen and oxygen atoms in total. The van der Waals surface area contributed by atoms with Gasteiger partial charge in [-0.2, -0.15) is 0 Å². The van der Waals surface area contributed by atoms with E-state index in [1.165, 1.54) is 4.57 Å². The number of aryl methyl sites for hydroxylation is 2. The molecule has 1 aliphatic heterocycles. The fourth-order valence-corrected chi connectivity index (χ4v) is 3.02. The molecule has 0 aliphatic carbocycles. The predicted molar refractivity (Wildman–Crippen MR) is 86.2 cm³/mol. The van der Waals surface area contributed by atoms with Crippen molar-refractivity contribution in [2.45, 2.75) is 32.7 Å². The van der Waals surface area contributed by atoms with Gasteiger partial charge in [-0.15, -0.1) is 0 Å². The Bertz CT molecular complexity index is 812. The highest BCUT2D eigenvalue weighted by molar-refractivity contribution is 5.94. The second-order valence-corrected chi connectivity index (χ2v) is 5.94. The van der Waals surface area contributed by atoms with Gasteiger partial charge in [-0.1, -0.05) is 0 Å². The Morgan fingerprint density at radius 3 is 2.78 bits per heavy atom. The van der Waals surface area contributed by atoms with Crippen molar-refractivity contribution < 1.29 is 4.79 Å². The fraction of sp³-hybridized carbons (Fsp3) is 0.412. The number of hydrogen-bond donors (Lipinski definition) is 0. The van der Waals surface area contributed by atoms with Crippen LogP contribution in [0.4, 0.5) is 0 Å². The van der Waals surface area contributed by atoms with Crippen LogP contribution in [0, 0.1) is 13.8 Å². The molecule has 23 heavy (non-hydrogen) atoms. The van der Waals surface area contributed by atoms with Gasteiger partial charge in [0.15, 0.2) is 0 Å². The quantitative estimate of drug-likeness (QED) is 0.847. The van der Waals surface area contributed by atoms with Crippen LogP contribution < -0.4 is 5.56 Å². The highest BCUT2D eigenvalue weighted by Gasteiger charge is 2.32. The van der Waals surface area contributed by atoms with Crippen LogP contribution >= 0.6 is 0 Å². The first-order valence-corrected chi connectivity index (χ1v) is 7.76. The molecule has 3 heterocycles. The van der Waals surface area contributed by atoms with E-state index in [9.17, 15) is 9.59 Å². The van der Waals surface area contributed by atoms with Crippen LogP contribution in [0.5, 0.6) is 0 Å². The van der Waals surface area contributed by atoms with Crippen LogP contribution in [0.25, 0.3) is 0 Å². The molecule has 3 rings (SSSR count). The molecule has 0 unspecified atom stereocenters. The number of hydrogen-bond acceptors (Lipinski definition) is 4. The Morgan fingerprint density at radius 1 is 1.26 bits per heavy atom. The van der Waals surface area contributed by atoms with Gasteiger partial charge in [0.05, 0.1) is 11.7 Å². The van der Waals surface area contributed by atoms with Gasteiger partial charge in [-0.05, 0) is 44.9 Å². The van der Waals surface area contributed by atoms with E-state index < -0.39 is 0 Å². The number of pyridine rings is 1. The summed E-state index contributed by atoms with van der Waals surface area (Å²) in [5.41, 5.74) is 1.64. The summed E-state index contributed by atoms with van der Waals surface area (Å²) in [6, 6.07) is 5.18. The van der Waals surface area contributed by atoms with Crippen molar-refractivity contribution in [2.24, 2.45) is 7.05 Å². The molecular weight excluding hydrogens is 292 g/mol. The number of nitrogens with zero attached hydrogens (tertiary/aromatic N) is 4. The Hall–Kier alpha value is -2.50. The SMILES string of the molecule is Cc1nccc([C@@H]2CCCN2C(=O)c2ccc(C)n(C)c2=O)n1. The summed E-state index contributed by atoms with van der Waals surface area (Å²) < 4.78 is 1.51. The maximum Gasteiger partial charge on any atom is 0.263 e. The van der Waals surface area contributed by atoms with E-state index in [-0.39, 0.29) is 23.1 Å².